The molecule has 1 aliphatic heterocycles. The van der Waals surface area contributed by atoms with Crippen LogP contribution in [0.5, 0.6) is 11.5 Å². The van der Waals surface area contributed by atoms with Gasteiger partial charge in [0.05, 0.1) is 25.2 Å². The van der Waals surface area contributed by atoms with Gasteiger partial charge in [-0.05, 0) is 50.3 Å². The molecule has 27 heavy (non-hydrogen) atoms. The number of carbonyl (C=O) groups excluding carboxylic acids is 1. The van der Waals surface area contributed by atoms with Crippen molar-refractivity contribution in [1.82, 2.24) is 10.4 Å². The molecule has 1 saturated carbocycles. The predicted octanol–water partition coefficient (Wildman–Crippen LogP) is 2.41. The van der Waals surface area contributed by atoms with Gasteiger partial charge in [0.15, 0.2) is 11.5 Å². The van der Waals surface area contributed by atoms with Crippen molar-refractivity contribution in [1.29, 1.82) is 5.26 Å². The highest BCUT2D eigenvalue weighted by Gasteiger charge is 2.56. The number of nitrogens with zero attached hydrogens (tertiary/aromatic N) is 2. The minimum Gasteiger partial charge on any atom is -0.493 e. The smallest absolute Gasteiger partial charge is 0.263 e. The van der Waals surface area contributed by atoms with Crippen molar-refractivity contribution in [2.75, 3.05) is 26.8 Å². The largest absolute Gasteiger partial charge is 0.493 e. The average molecular weight is 396 g/mol. The van der Waals surface area contributed by atoms with Gasteiger partial charge < -0.3 is 9.47 Å². The molecule has 0 radical (unpaired) electrons. The fourth-order valence-electron chi connectivity index (χ4n) is 3.93. The maximum Gasteiger partial charge on any atom is 0.263 e. The standard InChI is InChI=1S/C19H25N3O4.ClH/c1-3-26-16-12-14(4-5-15(16)25-2)18(13-20)8-10-22(11-9-18)19(6-7-19)17(23)21-24;/h4-5,12,24H,3,6-11H2,1-2H3,(H,21,23);1H. The van der Waals surface area contributed by atoms with Gasteiger partial charge >= 0.3 is 0 Å². The summed E-state index contributed by atoms with van der Waals surface area (Å²) in [5.41, 5.74) is 1.51. The van der Waals surface area contributed by atoms with E-state index in [-0.39, 0.29) is 18.3 Å². The number of hydrogen-bond donors (Lipinski definition) is 2. The number of carbonyl (C=O) groups is 1. The quantitative estimate of drug-likeness (QED) is 0.567. The van der Waals surface area contributed by atoms with Crippen LogP contribution in [0.2, 0.25) is 0 Å². The molecular weight excluding hydrogens is 370 g/mol. The summed E-state index contributed by atoms with van der Waals surface area (Å²) >= 11 is 0. The molecule has 0 aromatic heterocycles. The Morgan fingerprint density at radius 1 is 1.30 bits per heavy atom. The molecule has 0 atom stereocenters. The molecule has 1 aromatic rings. The van der Waals surface area contributed by atoms with Crippen molar-refractivity contribution in [2.24, 2.45) is 0 Å². The SMILES string of the molecule is CCOc1cc(C2(C#N)CCN(C3(C(=O)NO)CC3)CC2)ccc1OC.Cl. The van der Waals surface area contributed by atoms with E-state index in [1.54, 1.807) is 12.6 Å². The molecule has 1 amide bonds. The van der Waals surface area contributed by atoms with E-state index in [1.165, 1.54) is 0 Å². The van der Waals surface area contributed by atoms with Crippen molar-refractivity contribution in [2.45, 2.75) is 43.6 Å². The van der Waals surface area contributed by atoms with E-state index in [0.29, 0.717) is 44.0 Å². The normalized spacial score (nSPS) is 19.9. The molecule has 3 rings (SSSR count). The molecule has 1 aromatic carbocycles. The van der Waals surface area contributed by atoms with E-state index in [2.05, 4.69) is 11.0 Å². The Hall–Kier alpha value is -2.01. The molecule has 7 nitrogen and oxygen atoms in total. The van der Waals surface area contributed by atoms with Crippen LogP contribution in [0.25, 0.3) is 0 Å². The number of rotatable bonds is 6. The van der Waals surface area contributed by atoms with Gasteiger partial charge in [0.2, 0.25) is 0 Å². The minimum atomic E-state index is -0.611. The molecule has 148 valence electrons. The number of hydroxylamine groups is 1. The summed E-state index contributed by atoms with van der Waals surface area (Å²) in [6.45, 7) is 3.70. The Morgan fingerprint density at radius 3 is 2.44 bits per heavy atom. The molecule has 2 fully saturated rings. The first-order valence-corrected chi connectivity index (χ1v) is 8.97. The van der Waals surface area contributed by atoms with Crippen molar-refractivity contribution < 1.29 is 19.5 Å². The number of benzene rings is 1. The van der Waals surface area contributed by atoms with Gasteiger partial charge in [-0.25, -0.2) is 5.48 Å². The van der Waals surface area contributed by atoms with Crippen LogP contribution in [0.4, 0.5) is 0 Å². The second-order valence-electron chi connectivity index (χ2n) is 6.95. The third-order valence-electron chi connectivity index (χ3n) is 5.70. The number of likely N-dealkylation sites (tertiary alicyclic amines) is 1. The van der Waals surface area contributed by atoms with E-state index < -0.39 is 11.0 Å². The fraction of sp³-hybridized carbons (Fsp3) is 0.579. The molecule has 0 unspecified atom stereocenters. The molecule has 1 aliphatic carbocycles. The van der Waals surface area contributed by atoms with Gasteiger partial charge in [-0.1, -0.05) is 6.07 Å². The van der Waals surface area contributed by atoms with Crippen molar-refractivity contribution >= 4 is 18.3 Å². The Morgan fingerprint density at radius 2 is 1.96 bits per heavy atom. The summed E-state index contributed by atoms with van der Waals surface area (Å²) < 4.78 is 11.0. The average Bonchev–Trinajstić information content (AvgIpc) is 3.49. The highest BCUT2D eigenvalue weighted by Crippen LogP contribution is 2.47. The summed E-state index contributed by atoms with van der Waals surface area (Å²) in [6.07, 6.45) is 2.75. The molecule has 8 heteroatoms. The first kappa shape index (κ1) is 21.3. The molecule has 2 aliphatic rings. The Bertz CT molecular complexity index is 722. The van der Waals surface area contributed by atoms with Gasteiger partial charge in [-0.2, -0.15) is 5.26 Å². The second-order valence-corrected chi connectivity index (χ2v) is 6.95. The first-order valence-electron chi connectivity index (χ1n) is 8.97. The predicted molar refractivity (Wildman–Crippen MR) is 101 cm³/mol. The fourth-order valence-corrected chi connectivity index (χ4v) is 3.93. The molecule has 1 heterocycles. The molecule has 0 spiro atoms. The zero-order chi connectivity index (χ0) is 18.8. The lowest BCUT2D eigenvalue weighted by Crippen LogP contribution is -2.53. The number of nitrogens with one attached hydrogen (secondary N) is 1. The Balaban J connectivity index is 0.00000261. The lowest BCUT2D eigenvalue weighted by atomic mass is 9.73. The van der Waals surface area contributed by atoms with Gasteiger partial charge in [0.25, 0.3) is 5.91 Å². The maximum absolute atomic E-state index is 12.0. The molecular formula is C19H26ClN3O4. The zero-order valence-electron chi connectivity index (χ0n) is 15.7. The first-order chi connectivity index (χ1) is 12.5. The van der Waals surface area contributed by atoms with Crippen molar-refractivity contribution in [3.63, 3.8) is 0 Å². The third kappa shape index (κ3) is 3.70. The monoisotopic (exact) mass is 395 g/mol. The summed E-state index contributed by atoms with van der Waals surface area (Å²) in [5.74, 6) is 0.950. The zero-order valence-corrected chi connectivity index (χ0v) is 16.5. The number of nitriles is 1. The Labute approximate surface area is 165 Å². The minimum absolute atomic E-state index is 0. The number of piperidine rings is 1. The number of amides is 1. The van der Waals surface area contributed by atoms with Crippen LogP contribution >= 0.6 is 12.4 Å². The van der Waals surface area contributed by atoms with Gasteiger partial charge in [0.1, 0.15) is 5.54 Å². The van der Waals surface area contributed by atoms with Gasteiger partial charge in [-0.3, -0.25) is 14.9 Å². The summed E-state index contributed by atoms with van der Waals surface area (Å²) in [4.78, 5) is 14.1. The summed E-state index contributed by atoms with van der Waals surface area (Å²) in [5, 5.41) is 18.9. The highest BCUT2D eigenvalue weighted by molar-refractivity contribution is 5.88. The summed E-state index contributed by atoms with van der Waals surface area (Å²) in [7, 11) is 1.59. The van der Waals surface area contributed by atoms with Crippen LogP contribution in [0.15, 0.2) is 18.2 Å². The van der Waals surface area contributed by atoms with Crippen molar-refractivity contribution in [3.05, 3.63) is 23.8 Å². The molecule has 0 bridgehead atoms. The van der Waals surface area contributed by atoms with Crippen LogP contribution in [0.3, 0.4) is 0 Å². The number of hydrogen-bond acceptors (Lipinski definition) is 6. The van der Waals surface area contributed by atoms with Crippen LogP contribution in [0, 0.1) is 11.3 Å². The van der Waals surface area contributed by atoms with Crippen LogP contribution < -0.4 is 15.0 Å². The van der Waals surface area contributed by atoms with E-state index in [4.69, 9.17) is 14.7 Å². The van der Waals surface area contributed by atoms with E-state index in [1.807, 2.05) is 25.1 Å². The summed E-state index contributed by atoms with van der Waals surface area (Å²) in [6, 6.07) is 8.17. The van der Waals surface area contributed by atoms with Crippen molar-refractivity contribution in [3.8, 4) is 17.6 Å². The Kier molecular flexibility index (Phi) is 6.58. The van der Waals surface area contributed by atoms with E-state index >= 15 is 0 Å². The maximum atomic E-state index is 12.0. The molecule has 2 N–H and O–H groups in total. The lowest BCUT2D eigenvalue weighted by Gasteiger charge is -2.41. The third-order valence-corrected chi connectivity index (χ3v) is 5.70. The van der Waals surface area contributed by atoms with Gasteiger partial charge in [0, 0.05) is 13.1 Å². The van der Waals surface area contributed by atoms with Crippen LogP contribution in [-0.4, -0.2) is 48.4 Å². The number of methoxy groups -OCH3 is 1. The second kappa shape index (κ2) is 8.34. The lowest BCUT2D eigenvalue weighted by molar-refractivity contribution is -0.137. The molecule has 1 saturated heterocycles. The van der Waals surface area contributed by atoms with Gasteiger partial charge in [-0.15, -0.1) is 12.4 Å². The van der Waals surface area contributed by atoms with Crippen LogP contribution in [0.1, 0.15) is 38.2 Å². The van der Waals surface area contributed by atoms with E-state index in [0.717, 1.165) is 18.4 Å². The number of halogens is 1. The number of ether oxygens (including phenoxy) is 2. The van der Waals surface area contributed by atoms with E-state index in [9.17, 15) is 10.1 Å². The highest BCUT2D eigenvalue weighted by atomic mass is 35.5. The topological polar surface area (TPSA) is 94.8 Å². The van der Waals surface area contributed by atoms with Crippen LogP contribution in [-0.2, 0) is 10.2 Å².